The zero-order valence-electron chi connectivity index (χ0n) is 8.22. The van der Waals surface area contributed by atoms with Gasteiger partial charge in [0.25, 0.3) is 5.17 Å². The quantitative estimate of drug-likeness (QED) is 0.671. The van der Waals surface area contributed by atoms with Crippen LogP contribution in [0.25, 0.3) is 0 Å². The predicted molar refractivity (Wildman–Crippen MR) is 56.3 cm³/mol. The molecular formula is C9H19NOS. The topological polar surface area (TPSA) is 21.3 Å². The molecule has 0 amide bonds. The number of hydrogen-bond donors (Lipinski definition) is 1. The first-order valence-electron chi connectivity index (χ1n) is 4.65. The first kappa shape index (κ1) is 11.7. The second-order valence-electron chi connectivity index (χ2n) is 2.93. The smallest absolute Gasteiger partial charge is 0.256 e. The van der Waals surface area contributed by atoms with Crippen molar-refractivity contribution in [2.75, 3.05) is 6.54 Å². The fourth-order valence-electron chi connectivity index (χ4n) is 0.917. The lowest BCUT2D eigenvalue weighted by atomic mass is 10.2. The van der Waals surface area contributed by atoms with E-state index in [1.165, 1.54) is 0 Å². The fraction of sp³-hybridized carbons (Fsp3) is 0.889. The summed E-state index contributed by atoms with van der Waals surface area (Å²) < 4.78 is 5.41. The highest BCUT2D eigenvalue weighted by atomic mass is 32.1. The maximum absolute atomic E-state index is 5.41. The highest BCUT2D eigenvalue weighted by Gasteiger charge is 2.03. The Morgan fingerprint density at radius 2 is 2.08 bits per heavy atom. The van der Waals surface area contributed by atoms with Crippen LogP contribution in [0.3, 0.4) is 0 Å². The molecule has 0 aliphatic heterocycles. The van der Waals surface area contributed by atoms with Crippen molar-refractivity contribution in [1.29, 1.82) is 0 Å². The molecule has 0 aromatic heterocycles. The van der Waals surface area contributed by atoms with Crippen molar-refractivity contribution in [2.45, 2.75) is 46.1 Å². The summed E-state index contributed by atoms with van der Waals surface area (Å²) in [7, 11) is 0. The van der Waals surface area contributed by atoms with E-state index in [2.05, 4.69) is 19.2 Å². The molecule has 0 rings (SSSR count). The largest absolute Gasteiger partial charge is 0.468 e. The normalized spacial score (nSPS) is 12.2. The lowest BCUT2D eigenvalue weighted by Gasteiger charge is -2.14. The molecule has 0 radical (unpaired) electrons. The molecule has 0 aliphatic carbocycles. The highest BCUT2D eigenvalue weighted by molar-refractivity contribution is 7.80. The molecule has 0 saturated heterocycles. The molecule has 0 heterocycles. The average molecular weight is 189 g/mol. The summed E-state index contributed by atoms with van der Waals surface area (Å²) in [6.07, 6.45) is 3.52. The van der Waals surface area contributed by atoms with Crippen molar-refractivity contribution >= 4 is 17.4 Å². The van der Waals surface area contributed by atoms with Crippen molar-refractivity contribution in [3.05, 3.63) is 0 Å². The summed E-state index contributed by atoms with van der Waals surface area (Å²) in [4.78, 5) is 0. The summed E-state index contributed by atoms with van der Waals surface area (Å²) >= 11 is 4.98. The van der Waals surface area contributed by atoms with Crippen molar-refractivity contribution in [2.24, 2.45) is 0 Å². The van der Waals surface area contributed by atoms with Crippen LogP contribution in [-0.2, 0) is 4.74 Å². The predicted octanol–water partition coefficient (Wildman–Crippen LogP) is 2.48. The third kappa shape index (κ3) is 6.40. The van der Waals surface area contributed by atoms with Gasteiger partial charge in [0, 0.05) is 6.54 Å². The standard InChI is InChI=1S/C9H19NOS/c1-4-6-8(3)11-9(12)10-7-5-2/h8H,4-7H2,1-3H3,(H,10,12). The average Bonchev–Trinajstić information content (AvgIpc) is 2.01. The Balaban J connectivity index is 3.40. The van der Waals surface area contributed by atoms with Gasteiger partial charge in [0.1, 0.15) is 0 Å². The third-order valence-corrected chi connectivity index (χ3v) is 1.76. The number of hydrogen-bond acceptors (Lipinski definition) is 2. The van der Waals surface area contributed by atoms with E-state index in [0.717, 1.165) is 25.8 Å². The van der Waals surface area contributed by atoms with Crippen LogP contribution in [0.4, 0.5) is 0 Å². The molecule has 12 heavy (non-hydrogen) atoms. The number of rotatable bonds is 5. The Morgan fingerprint density at radius 3 is 2.58 bits per heavy atom. The van der Waals surface area contributed by atoms with Gasteiger partial charge in [-0.1, -0.05) is 20.3 Å². The molecule has 0 fully saturated rings. The van der Waals surface area contributed by atoms with Gasteiger partial charge in [-0.25, -0.2) is 0 Å². The van der Waals surface area contributed by atoms with Gasteiger partial charge >= 0.3 is 0 Å². The van der Waals surface area contributed by atoms with E-state index in [4.69, 9.17) is 17.0 Å². The van der Waals surface area contributed by atoms with Crippen LogP contribution >= 0.6 is 12.2 Å². The number of ether oxygens (including phenoxy) is 1. The van der Waals surface area contributed by atoms with E-state index in [1.807, 2.05) is 6.92 Å². The van der Waals surface area contributed by atoms with Crippen LogP contribution in [0, 0.1) is 0 Å². The van der Waals surface area contributed by atoms with Crippen LogP contribution < -0.4 is 5.32 Å². The van der Waals surface area contributed by atoms with E-state index in [1.54, 1.807) is 0 Å². The molecule has 1 N–H and O–H groups in total. The third-order valence-electron chi connectivity index (χ3n) is 1.52. The van der Waals surface area contributed by atoms with Crippen molar-refractivity contribution in [1.82, 2.24) is 5.32 Å². The van der Waals surface area contributed by atoms with Crippen molar-refractivity contribution in [3.63, 3.8) is 0 Å². The van der Waals surface area contributed by atoms with Crippen LogP contribution in [0.5, 0.6) is 0 Å². The van der Waals surface area contributed by atoms with E-state index < -0.39 is 0 Å². The number of nitrogens with one attached hydrogen (secondary N) is 1. The molecular weight excluding hydrogens is 170 g/mol. The summed E-state index contributed by atoms with van der Waals surface area (Å²) in [5.74, 6) is 0. The molecule has 1 unspecified atom stereocenters. The minimum Gasteiger partial charge on any atom is -0.468 e. The van der Waals surface area contributed by atoms with Crippen LogP contribution in [0.1, 0.15) is 40.0 Å². The molecule has 0 bridgehead atoms. The molecule has 0 aromatic carbocycles. The van der Waals surface area contributed by atoms with Gasteiger partial charge in [0.05, 0.1) is 6.10 Å². The number of thiocarbonyl (C=S) groups is 1. The molecule has 2 nitrogen and oxygen atoms in total. The summed E-state index contributed by atoms with van der Waals surface area (Å²) in [6, 6.07) is 0. The Morgan fingerprint density at radius 1 is 1.42 bits per heavy atom. The summed E-state index contributed by atoms with van der Waals surface area (Å²) in [6.45, 7) is 7.19. The Kier molecular flexibility index (Phi) is 7.16. The van der Waals surface area contributed by atoms with Crippen LogP contribution in [0.15, 0.2) is 0 Å². The SMILES string of the molecule is CCCNC(=S)OC(C)CCC. The molecule has 0 aliphatic rings. The maximum atomic E-state index is 5.41. The van der Waals surface area contributed by atoms with Crippen molar-refractivity contribution in [3.8, 4) is 0 Å². The van der Waals surface area contributed by atoms with E-state index in [0.29, 0.717) is 5.17 Å². The van der Waals surface area contributed by atoms with Crippen molar-refractivity contribution < 1.29 is 4.74 Å². The minimum absolute atomic E-state index is 0.242. The monoisotopic (exact) mass is 189 g/mol. The first-order chi connectivity index (χ1) is 5.70. The molecule has 0 saturated carbocycles. The van der Waals surface area contributed by atoms with Gasteiger partial charge in [0.15, 0.2) is 0 Å². The zero-order chi connectivity index (χ0) is 9.40. The zero-order valence-corrected chi connectivity index (χ0v) is 9.04. The summed E-state index contributed by atoms with van der Waals surface area (Å²) in [5.41, 5.74) is 0. The van der Waals surface area contributed by atoms with Gasteiger partial charge in [-0.05, 0) is 32.0 Å². The molecule has 0 aromatic rings. The Labute approximate surface area is 80.7 Å². The fourth-order valence-corrected chi connectivity index (χ4v) is 1.18. The summed E-state index contributed by atoms with van der Waals surface area (Å²) in [5, 5.41) is 3.57. The van der Waals surface area contributed by atoms with E-state index >= 15 is 0 Å². The molecule has 3 heteroatoms. The van der Waals surface area contributed by atoms with E-state index in [9.17, 15) is 0 Å². The maximum Gasteiger partial charge on any atom is 0.256 e. The first-order valence-corrected chi connectivity index (χ1v) is 5.06. The van der Waals surface area contributed by atoms with Gasteiger partial charge in [-0.15, -0.1) is 0 Å². The van der Waals surface area contributed by atoms with Crippen LogP contribution in [0.2, 0.25) is 0 Å². The molecule has 1 atom stereocenters. The highest BCUT2D eigenvalue weighted by Crippen LogP contribution is 2.00. The lowest BCUT2D eigenvalue weighted by molar-refractivity contribution is 0.193. The Bertz CT molecular complexity index is 128. The second-order valence-corrected chi connectivity index (χ2v) is 3.30. The van der Waals surface area contributed by atoms with E-state index in [-0.39, 0.29) is 6.10 Å². The lowest BCUT2D eigenvalue weighted by Crippen LogP contribution is -2.27. The molecule has 72 valence electrons. The van der Waals surface area contributed by atoms with Gasteiger partial charge in [-0.3, -0.25) is 0 Å². The van der Waals surface area contributed by atoms with Gasteiger partial charge < -0.3 is 10.1 Å². The minimum atomic E-state index is 0.242. The van der Waals surface area contributed by atoms with Crippen LogP contribution in [-0.4, -0.2) is 17.8 Å². The Hall–Kier alpha value is -0.310. The second kappa shape index (κ2) is 7.35. The van der Waals surface area contributed by atoms with Gasteiger partial charge in [0.2, 0.25) is 0 Å². The molecule has 0 spiro atoms. The van der Waals surface area contributed by atoms with Gasteiger partial charge in [-0.2, -0.15) is 0 Å².